The van der Waals surface area contributed by atoms with Crippen molar-refractivity contribution < 1.29 is 23.8 Å². The molecule has 120 valence electrons. The molecular weight excluding hydrogens is 286 g/mol. The number of hydrogen-bond donors (Lipinski definition) is 0. The maximum Gasteiger partial charge on any atom is 0.311 e. The minimum absolute atomic E-state index is 0.0344. The number of likely N-dealkylation sites (tertiary alicyclic amines) is 1. The summed E-state index contributed by atoms with van der Waals surface area (Å²) in [4.78, 5) is 25.4. The average molecular weight is 307 g/mol. The highest BCUT2D eigenvalue weighted by molar-refractivity contribution is 5.86. The van der Waals surface area contributed by atoms with Crippen LogP contribution in [0, 0.1) is 5.92 Å². The van der Waals surface area contributed by atoms with Crippen LogP contribution in [-0.4, -0.2) is 44.1 Å². The number of nitrogens with zero attached hydrogens (tertiary/aromatic N) is 1. The minimum Gasteiger partial charge on any atom is -0.493 e. The van der Waals surface area contributed by atoms with Crippen LogP contribution in [0.1, 0.15) is 18.9 Å². The number of carbonyl (C=O) groups excluding carboxylic acids is 2. The van der Waals surface area contributed by atoms with E-state index in [0.29, 0.717) is 31.2 Å². The molecule has 6 nitrogen and oxygen atoms in total. The molecule has 1 atom stereocenters. The standard InChI is InChI=1S/C16H21NO5/c1-4-22-16(19)12-8-15(18)17(10-12)9-11-5-6-13(20-2)14(7-11)21-3/h5-7,12H,4,8-10H2,1-3H3/t12-/m0/s1. The lowest BCUT2D eigenvalue weighted by Crippen LogP contribution is -2.26. The fraction of sp³-hybridized carbons (Fsp3) is 0.500. The van der Waals surface area contributed by atoms with Gasteiger partial charge in [-0.2, -0.15) is 0 Å². The lowest BCUT2D eigenvalue weighted by Gasteiger charge is -2.17. The van der Waals surface area contributed by atoms with E-state index in [1.165, 1.54) is 0 Å². The molecule has 0 aliphatic carbocycles. The molecule has 0 radical (unpaired) electrons. The quantitative estimate of drug-likeness (QED) is 0.747. The maximum atomic E-state index is 12.0. The van der Waals surface area contributed by atoms with Gasteiger partial charge in [-0.25, -0.2) is 0 Å². The first-order valence-corrected chi connectivity index (χ1v) is 7.24. The van der Waals surface area contributed by atoms with Crippen LogP contribution >= 0.6 is 0 Å². The summed E-state index contributed by atoms with van der Waals surface area (Å²) < 4.78 is 15.4. The van der Waals surface area contributed by atoms with Gasteiger partial charge in [0.05, 0.1) is 26.7 Å². The topological polar surface area (TPSA) is 65.1 Å². The van der Waals surface area contributed by atoms with Gasteiger partial charge in [-0.15, -0.1) is 0 Å². The average Bonchev–Trinajstić information content (AvgIpc) is 2.88. The summed E-state index contributed by atoms with van der Waals surface area (Å²) in [5.41, 5.74) is 0.926. The Labute approximate surface area is 129 Å². The van der Waals surface area contributed by atoms with Gasteiger partial charge in [0, 0.05) is 19.5 Å². The second-order valence-electron chi connectivity index (χ2n) is 5.12. The Morgan fingerprint density at radius 3 is 2.64 bits per heavy atom. The van der Waals surface area contributed by atoms with Gasteiger partial charge < -0.3 is 19.1 Å². The van der Waals surface area contributed by atoms with Crippen molar-refractivity contribution in [2.75, 3.05) is 27.4 Å². The van der Waals surface area contributed by atoms with Gasteiger partial charge in [0.1, 0.15) is 0 Å². The third-order valence-corrected chi connectivity index (χ3v) is 3.66. The summed E-state index contributed by atoms with van der Waals surface area (Å²) >= 11 is 0. The predicted molar refractivity (Wildman–Crippen MR) is 79.7 cm³/mol. The van der Waals surface area contributed by atoms with E-state index >= 15 is 0 Å². The molecule has 1 heterocycles. The van der Waals surface area contributed by atoms with E-state index in [4.69, 9.17) is 14.2 Å². The first-order valence-electron chi connectivity index (χ1n) is 7.24. The van der Waals surface area contributed by atoms with E-state index < -0.39 is 0 Å². The third-order valence-electron chi connectivity index (χ3n) is 3.66. The fourth-order valence-electron chi connectivity index (χ4n) is 2.54. The van der Waals surface area contributed by atoms with E-state index in [1.54, 1.807) is 32.1 Å². The van der Waals surface area contributed by atoms with Gasteiger partial charge in [0.15, 0.2) is 11.5 Å². The first kappa shape index (κ1) is 16.1. The normalized spacial score (nSPS) is 17.5. The summed E-state index contributed by atoms with van der Waals surface area (Å²) in [5.74, 6) is 0.558. The zero-order valence-electron chi connectivity index (χ0n) is 13.1. The monoisotopic (exact) mass is 307 g/mol. The third kappa shape index (κ3) is 3.50. The van der Waals surface area contributed by atoms with Crippen LogP contribution in [0.2, 0.25) is 0 Å². The molecule has 0 unspecified atom stereocenters. The highest BCUT2D eigenvalue weighted by atomic mass is 16.5. The number of rotatable bonds is 6. The summed E-state index contributed by atoms with van der Waals surface area (Å²) in [6, 6.07) is 5.52. The van der Waals surface area contributed by atoms with Gasteiger partial charge in [-0.1, -0.05) is 6.07 Å². The van der Waals surface area contributed by atoms with Crippen molar-refractivity contribution in [2.45, 2.75) is 19.9 Å². The molecule has 1 amide bonds. The molecule has 0 aromatic heterocycles. The van der Waals surface area contributed by atoms with Crippen LogP contribution in [0.25, 0.3) is 0 Å². The molecule has 22 heavy (non-hydrogen) atoms. The number of methoxy groups -OCH3 is 2. The number of benzene rings is 1. The molecule has 0 N–H and O–H groups in total. The van der Waals surface area contributed by atoms with Gasteiger partial charge in [-0.3, -0.25) is 9.59 Å². The summed E-state index contributed by atoms with van der Waals surface area (Å²) in [6.45, 7) is 2.93. The molecule has 6 heteroatoms. The number of amides is 1. The molecule has 1 aromatic rings. The highest BCUT2D eigenvalue weighted by Crippen LogP contribution is 2.29. The fourth-order valence-corrected chi connectivity index (χ4v) is 2.54. The number of esters is 1. The van der Waals surface area contributed by atoms with Gasteiger partial charge in [-0.05, 0) is 24.6 Å². The number of ether oxygens (including phenoxy) is 3. The van der Waals surface area contributed by atoms with Crippen LogP contribution < -0.4 is 9.47 Å². The van der Waals surface area contributed by atoms with E-state index in [9.17, 15) is 9.59 Å². The Kier molecular flexibility index (Phi) is 5.25. The van der Waals surface area contributed by atoms with Crippen LogP contribution in [0.15, 0.2) is 18.2 Å². The molecule has 1 aliphatic heterocycles. The van der Waals surface area contributed by atoms with Crippen molar-refractivity contribution in [3.63, 3.8) is 0 Å². The Hall–Kier alpha value is -2.24. The zero-order valence-corrected chi connectivity index (χ0v) is 13.1. The number of carbonyl (C=O) groups is 2. The Bertz CT molecular complexity index is 557. The molecule has 0 saturated carbocycles. The molecule has 1 saturated heterocycles. The van der Waals surface area contributed by atoms with Crippen LogP contribution in [0.3, 0.4) is 0 Å². The smallest absolute Gasteiger partial charge is 0.311 e. The largest absolute Gasteiger partial charge is 0.493 e. The molecule has 1 aromatic carbocycles. The van der Waals surface area contributed by atoms with Crippen LogP contribution in [-0.2, 0) is 20.9 Å². The lowest BCUT2D eigenvalue weighted by molar-refractivity contribution is -0.147. The lowest BCUT2D eigenvalue weighted by atomic mass is 10.1. The van der Waals surface area contributed by atoms with Gasteiger partial charge in [0.2, 0.25) is 5.91 Å². The molecular formula is C16H21NO5. The summed E-state index contributed by atoms with van der Waals surface area (Å²) in [6.07, 6.45) is 0.214. The molecule has 1 fully saturated rings. The summed E-state index contributed by atoms with van der Waals surface area (Å²) in [5, 5.41) is 0. The molecule has 2 rings (SSSR count). The molecule has 0 spiro atoms. The van der Waals surface area contributed by atoms with E-state index in [-0.39, 0.29) is 24.2 Å². The first-order chi connectivity index (χ1) is 10.6. The van der Waals surface area contributed by atoms with Crippen molar-refractivity contribution >= 4 is 11.9 Å². The van der Waals surface area contributed by atoms with E-state index in [0.717, 1.165) is 5.56 Å². The SMILES string of the molecule is CCOC(=O)[C@H]1CC(=O)N(Cc2ccc(OC)c(OC)c2)C1. The van der Waals surface area contributed by atoms with Crippen molar-refractivity contribution in [3.8, 4) is 11.5 Å². The van der Waals surface area contributed by atoms with Crippen LogP contribution in [0.4, 0.5) is 0 Å². The zero-order chi connectivity index (χ0) is 16.1. The Balaban J connectivity index is 2.05. The predicted octanol–water partition coefficient (Wildman–Crippen LogP) is 1.62. The Morgan fingerprint density at radius 1 is 1.27 bits per heavy atom. The second kappa shape index (κ2) is 7.15. The van der Waals surface area contributed by atoms with Crippen molar-refractivity contribution in [2.24, 2.45) is 5.92 Å². The van der Waals surface area contributed by atoms with Gasteiger partial charge in [0.25, 0.3) is 0 Å². The van der Waals surface area contributed by atoms with E-state index in [2.05, 4.69) is 0 Å². The van der Waals surface area contributed by atoms with Crippen molar-refractivity contribution in [1.29, 1.82) is 0 Å². The highest BCUT2D eigenvalue weighted by Gasteiger charge is 2.35. The summed E-state index contributed by atoms with van der Waals surface area (Å²) in [7, 11) is 3.14. The van der Waals surface area contributed by atoms with Crippen molar-refractivity contribution in [1.82, 2.24) is 4.90 Å². The maximum absolute atomic E-state index is 12.0. The van der Waals surface area contributed by atoms with Gasteiger partial charge >= 0.3 is 5.97 Å². The molecule has 1 aliphatic rings. The van der Waals surface area contributed by atoms with E-state index in [1.807, 2.05) is 12.1 Å². The van der Waals surface area contributed by atoms with Crippen molar-refractivity contribution in [3.05, 3.63) is 23.8 Å². The number of hydrogen-bond acceptors (Lipinski definition) is 5. The molecule has 0 bridgehead atoms. The van der Waals surface area contributed by atoms with Crippen LogP contribution in [0.5, 0.6) is 11.5 Å². The minimum atomic E-state index is -0.368. The second-order valence-corrected chi connectivity index (χ2v) is 5.12. The Morgan fingerprint density at radius 2 is 2.00 bits per heavy atom.